The molecule has 300 valence electrons. The lowest BCUT2D eigenvalue weighted by atomic mass is 9.88. The van der Waals surface area contributed by atoms with Crippen LogP contribution < -0.4 is 4.57 Å². The van der Waals surface area contributed by atoms with Crippen LogP contribution in [-0.2, 0) is 5.41 Å². The number of fused-ring (bicyclic) bond motifs is 7. The number of rotatable bonds is 6. The van der Waals surface area contributed by atoms with E-state index in [-0.39, 0.29) is 5.41 Å². The van der Waals surface area contributed by atoms with E-state index in [1.54, 1.807) is 0 Å². The molecular weight excluding hydrogens is 767 g/mol. The van der Waals surface area contributed by atoms with Crippen LogP contribution in [0.5, 0.6) is 0 Å². The molecule has 0 atom stereocenters. The average Bonchev–Trinajstić information content (AvgIpc) is 3.99. The molecule has 7 aromatic carbocycles. The van der Waals surface area contributed by atoms with Gasteiger partial charge >= 0.3 is 0 Å². The number of nitrogens with one attached hydrogen (secondary N) is 1. The van der Waals surface area contributed by atoms with Crippen molar-refractivity contribution >= 4 is 43.6 Å². The highest BCUT2D eigenvalue weighted by atomic mass is 15.2. The molecule has 1 N–H and O–H groups in total. The summed E-state index contributed by atoms with van der Waals surface area (Å²) in [6, 6.07) is 69.8. The van der Waals surface area contributed by atoms with Crippen molar-refractivity contribution in [3.8, 4) is 62.0 Å². The van der Waals surface area contributed by atoms with Crippen LogP contribution in [0.1, 0.15) is 26.3 Å². The Labute approximate surface area is 366 Å². The number of nitrogens with zero attached hydrogens (tertiary/aromatic N) is 4. The quantitative estimate of drug-likeness (QED) is 0.132. The number of para-hydroxylation sites is 4. The Morgan fingerprint density at radius 3 is 1.87 bits per heavy atom. The van der Waals surface area contributed by atoms with Gasteiger partial charge in [-0.2, -0.15) is 0 Å². The van der Waals surface area contributed by atoms with E-state index >= 15 is 0 Å². The van der Waals surface area contributed by atoms with E-state index in [4.69, 9.17) is 4.98 Å². The second kappa shape index (κ2) is 14.3. The van der Waals surface area contributed by atoms with Crippen molar-refractivity contribution < 1.29 is 4.57 Å². The van der Waals surface area contributed by atoms with Gasteiger partial charge in [0.25, 0.3) is 6.33 Å². The van der Waals surface area contributed by atoms with Crippen molar-refractivity contribution in [3.63, 3.8) is 0 Å². The first-order valence-corrected chi connectivity index (χ1v) is 21.6. The zero-order valence-corrected chi connectivity index (χ0v) is 35.3. The van der Waals surface area contributed by atoms with Crippen molar-refractivity contribution in [1.82, 2.24) is 19.1 Å². The van der Waals surface area contributed by atoms with Gasteiger partial charge in [0.1, 0.15) is 11.6 Å². The Kier molecular flexibility index (Phi) is 8.35. The third-order valence-electron chi connectivity index (χ3n) is 12.7. The van der Waals surface area contributed by atoms with Gasteiger partial charge in [-0.25, -0.2) is 4.98 Å². The van der Waals surface area contributed by atoms with E-state index in [2.05, 4.69) is 240 Å². The maximum atomic E-state index is 4.98. The van der Waals surface area contributed by atoms with Crippen LogP contribution in [0.3, 0.4) is 0 Å². The number of imidazole rings is 1. The number of aromatic amines is 1. The summed E-state index contributed by atoms with van der Waals surface area (Å²) in [6.07, 6.45) is 5.82. The minimum Gasteiger partial charge on any atom is -0.353 e. The van der Waals surface area contributed by atoms with Gasteiger partial charge in [-0.3, -0.25) is 13.7 Å². The Hall–Kier alpha value is -8.02. The Morgan fingerprint density at radius 2 is 1.14 bits per heavy atom. The SMILES string of the molecule is CC(C)(C)c1ccnc(-n2c3ccccc3c3ccc(-c4c5[nH]c(-n6[c-][n+](-c7c(-c8ccccc8)cccc7-c7ccccc7)c7ccccc76)ccc-5c5ccccc45)cc32)c1. The third-order valence-corrected chi connectivity index (χ3v) is 12.7. The van der Waals surface area contributed by atoms with Gasteiger partial charge in [-0.05, 0) is 79.9 Å². The summed E-state index contributed by atoms with van der Waals surface area (Å²) < 4.78 is 6.76. The Bertz CT molecular complexity index is 3600. The largest absolute Gasteiger partial charge is 0.353 e. The standard InChI is InChI=1S/C58H43N5/c1-58(2,3)41-33-34-59-54(36-41)63-49-26-13-12-22-45(49)46-30-29-40(35-52(46)63)55-47-23-11-10-21-44(47)48-31-32-53(60-56(48)55)61-37-62(51-28-15-14-27-50(51)61)57-42(38-17-6-4-7-18-38)24-16-25-43(57)39-19-8-5-9-20-39/h4-36,60H,1-3H3. The second-order valence-electron chi connectivity index (χ2n) is 17.5. The van der Waals surface area contributed by atoms with Crippen LogP contribution >= 0.6 is 0 Å². The van der Waals surface area contributed by atoms with Crippen LogP contribution in [0.25, 0.3) is 106 Å². The summed E-state index contributed by atoms with van der Waals surface area (Å²) in [6.45, 7) is 6.77. The predicted octanol–water partition coefficient (Wildman–Crippen LogP) is 14.1. The van der Waals surface area contributed by atoms with Crippen LogP contribution in [0, 0.1) is 6.33 Å². The monoisotopic (exact) mass is 809 g/mol. The molecule has 0 radical (unpaired) electrons. The van der Waals surface area contributed by atoms with E-state index in [1.807, 2.05) is 6.20 Å². The fourth-order valence-corrected chi connectivity index (χ4v) is 9.68. The number of hydrogen-bond donors (Lipinski definition) is 1. The number of H-pyrrole nitrogens is 1. The van der Waals surface area contributed by atoms with E-state index < -0.39 is 0 Å². The lowest BCUT2D eigenvalue weighted by molar-refractivity contribution is -0.571. The van der Waals surface area contributed by atoms with Crippen molar-refractivity contribution in [2.75, 3.05) is 0 Å². The minimum atomic E-state index is -0.0144. The molecule has 0 fully saturated rings. The summed E-state index contributed by atoms with van der Waals surface area (Å²) in [5.74, 6) is 1.84. The van der Waals surface area contributed by atoms with Crippen LogP contribution in [-0.4, -0.2) is 19.1 Å². The summed E-state index contributed by atoms with van der Waals surface area (Å²) in [7, 11) is 0. The lowest BCUT2D eigenvalue weighted by Gasteiger charge is -2.20. The second-order valence-corrected chi connectivity index (χ2v) is 17.5. The molecule has 0 bridgehead atoms. The van der Waals surface area contributed by atoms with Crippen LogP contribution in [0.4, 0.5) is 0 Å². The van der Waals surface area contributed by atoms with Gasteiger partial charge in [0.15, 0.2) is 0 Å². The van der Waals surface area contributed by atoms with Gasteiger partial charge in [0, 0.05) is 28.1 Å². The third kappa shape index (κ3) is 5.92. The molecule has 3 aromatic heterocycles. The first-order valence-electron chi connectivity index (χ1n) is 21.6. The molecule has 0 unspecified atom stereocenters. The molecule has 5 nitrogen and oxygen atoms in total. The van der Waals surface area contributed by atoms with Crippen molar-refractivity contribution in [2.24, 2.45) is 0 Å². The molecule has 63 heavy (non-hydrogen) atoms. The number of pyridine rings is 2. The van der Waals surface area contributed by atoms with Crippen LogP contribution in [0.2, 0.25) is 0 Å². The molecule has 1 aliphatic heterocycles. The highest BCUT2D eigenvalue weighted by Gasteiger charge is 2.25. The number of aromatic nitrogens is 5. The number of benzene rings is 7. The molecule has 10 aromatic rings. The molecule has 12 rings (SSSR count). The van der Waals surface area contributed by atoms with E-state index in [1.165, 1.54) is 38.2 Å². The van der Waals surface area contributed by atoms with Gasteiger partial charge in [-0.1, -0.05) is 185 Å². The van der Waals surface area contributed by atoms with Gasteiger partial charge < -0.3 is 4.98 Å². The first-order chi connectivity index (χ1) is 30.9. The number of hydrogen-bond acceptors (Lipinski definition) is 1. The van der Waals surface area contributed by atoms with E-state index in [9.17, 15) is 0 Å². The normalized spacial score (nSPS) is 12.0. The maximum absolute atomic E-state index is 4.98. The van der Waals surface area contributed by atoms with Gasteiger partial charge in [-0.15, -0.1) is 0 Å². The zero-order chi connectivity index (χ0) is 42.2. The molecule has 0 saturated carbocycles. The van der Waals surface area contributed by atoms with Crippen molar-refractivity contribution in [2.45, 2.75) is 26.2 Å². The zero-order valence-electron chi connectivity index (χ0n) is 35.3. The minimum absolute atomic E-state index is 0.0144. The van der Waals surface area contributed by atoms with Crippen molar-refractivity contribution in [3.05, 3.63) is 212 Å². The maximum Gasteiger partial charge on any atom is 0.271 e. The highest BCUT2D eigenvalue weighted by molar-refractivity contribution is 6.16. The fourth-order valence-electron chi connectivity index (χ4n) is 9.68. The van der Waals surface area contributed by atoms with Crippen LogP contribution in [0.15, 0.2) is 200 Å². The molecule has 0 amide bonds. The predicted molar refractivity (Wildman–Crippen MR) is 259 cm³/mol. The molecule has 0 saturated heterocycles. The molecule has 0 spiro atoms. The summed E-state index contributed by atoms with van der Waals surface area (Å²) in [5, 5.41) is 4.83. The Morgan fingerprint density at radius 1 is 0.508 bits per heavy atom. The van der Waals surface area contributed by atoms with Crippen molar-refractivity contribution in [1.29, 1.82) is 0 Å². The van der Waals surface area contributed by atoms with E-state index in [0.29, 0.717) is 0 Å². The molecule has 1 aliphatic carbocycles. The smallest absolute Gasteiger partial charge is 0.271 e. The lowest BCUT2D eigenvalue weighted by Crippen LogP contribution is -2.31. The Balaban J connectivity index is 1.09. The van der Waals surface area contributed by atoms with Gasteiger partial charge in [0.05, 0.1) is 33.4 Å². The van der Waals surface area contributed by atoms with E-state index in [0.717, 1.165) is 72.9 Å². The highest BCUT2D eigenvalue weighted by Crippen LogP contribution is 2.46. The topological polar surface area (TPSA) is 42.4 Å². The summed E-state index contributed by atoms with van der Waals surface area (Å²) >= 11 is 0. The summed E-state index contributed by atoms with van der Waals surface area (Å²) in [4.78, 5) is 8.97. The molecule has 4 heterocycles. The molecule has 5 heteroatoms. The molecule has 2 aliphatic rings. The molecular formula is C58H43N5. The summed E-state index contributed by atoms with van der Waals surface area (Å²) in [5.41, 5.74) is 15.8. The fraction of sp³-hybridized carbons (Fsp3) is 0.0690. The first kappa shape index (κ1) is 36.8. The van der Waals surface area contributed by atoms with Gasteiger partial charge in [0.2, 0.25) is 0 Å². The average molecular weight is 810 g/mol.